The fourth-order valence-electron chi connectivity index (χ4n) is 1.35. The van der Waals surface area contributed by atoms with Gasteiger partial charge in [0.15, 0.2) is 0 Å². The number of anilines is 1. The zero-order chi connectivity index (χ0) is 14.4. The molecule has 0 aliphatic rings. The molecule has 1 aromatic carbocycles. The first-order valence-electron chi connectivity index (χ1n) is 5.60. The van der Waals surface area contributed by atoms with Gasteiger partial charge in [0.25, 0.3) is 0 Å². The highest BCUT2D eigenvalue weighted by Gasteiger charge is 2.13. The number of hydrogen-bond acceptors (Lipinski definition) is 4. The van der Waals surface area contributed by atoms with E-state index >= 15 is 0 Å². The van der Waals surface area contributed by atoms with Crippen molar-refractivity contribution in [3.8, 4) is 5.75 Å². The molecule has 0 unspecified atom stereocenters. The van der Waals surface area contributed by atoms with Crippen LogP contribution in [0.4, 0.5) is 10.5 Å². The number of ether oxygens (including phenoxy) is 1. The predicted molar refractivity (Wildman–Crippen MR) is 70.8 cm³/mol. The highest BCUT2D eigenvalue weighted by atomic mass is 16.5. The first-order chi connectivity index (χ1) is 8.91. The number of benzene rings is 1. The van der Waals surface area contributed by atoms with Crippen molar-refractivity contribution in [3.63, 3.8) is 0 Å². The summed E-state index contributed by atoms with van der Waals surface area (Å²) in [6.45, 7) is 5.12. The molecule has 0 aromatic heterocycles. The molecule has 0 saturated carbocycles. The van der Waals surface area contributed by atoms with E-state index in [1.54, 1.807) is 12.1 Å². The Morgan fingerprint density at radius 2 is 1.95 bits per heavy atom. The van der Waals surface area contributed by atoms with Gasteiger partial charge in [0, 0.05) is 11.3 Å². The summed E-state index contributed by atoms with van der Waals surface area (Å²) in [7, 11) is 0. The Bertz CT molecular complexity index is 482. The molecule has 0 atom stereocenters. The van der Waals surface area contributed by atoms with Crippen molar-refractivity contribution in [2.24, 2.45) is 5.73 Å². The lowest BCUT2D eigenvalue weighted by atomic mass is 10.3. The van der Waals surface area contributed by atoms with Gasteiger partial charge in [0.2, 0.25) is 0 Å². The van der Waals surface area contributed by atoms with E-state index in [1.165, 1.54) is 24.0 Å². The largest absolute Gasteiger partial charge is 0.508 e. The zero-order valence-electron chi connectivity index (χ0n) is 10.6. The van der Waals surface area contributed by atoms with E-state index in [0.29, 0.717) is 5.69 Å². The van der Waals surface area contributed by atoms with Gasteiger partial charge in [-0.2, -0.15) is 0 Å². The second-order valence-corrected chi connectivity index (χ2v) is 3.92. The Hall–Kier alpha value is -2.50. The molecule has 0 spiro atoms. The van der Waals surface area contributed by atoms with E-state index in [2.05, 4.69) is 6.58 Å². The number of nitrogens with two attached hydrogens (primary N) is 1. The van der Waals surface area contributed by atoms with Gasteiger partial charge in [0.1, 0.15) is 12.4 Å². The molecule has 6 heteroatoms. The number of hydrogen-bond donors (Lipinski definition) is 2. The van der Waals surface area contributed by atoms with Gasteiger partial charge in [-0.3, -0.25) is 4.90 Å². The first-order valence-corrected chi connectivity index (χ1v) is 5.60. The van der Waals surface area contributed by atoms with Crippen molar-refractivity contribution in [2.75, 3.05) is 18.1 Å². The summed E-state index contributed by atoms with van der Waals surface area (Å²) in [4.78, 5) is 23.7. The van der Waals surface area contributed by atoms with Crippen LogP contribution in [-0.2, 0) is 9.53 Å². The van der Waals surface area contributed by atoms with Crippen LogP contribution < -0.4 is 10.6 Å². The van der Waals surface area contributed by atoms with Gasteiger partial charge in [-0.15, -0.1) is 0 Å². The number of amides is 2. The number of phenols is 1. The number of carbonyl (C=O) groups excluding carboxylic acids is 2. The van der Waals surface area contributed by atoms with Crippen molar-refractivity contribution in [3.05, 3.63) is 36.4 Å². The molecule has 0 saturated heterocycles. The predicted octanol–water partition coefficient (Wildman–Crippen LogP) is 1.40. The van der Waals surface area contributed by atoms with Crippen LogP contribution in [0, 0.1) is 0 Å². The Balaban J connectivity index is 2.64. The lowest BCUT2D eigenvalue weighted by Crippen LogP contribution is -2.38. The number of phenolic OH excluding ortho intramolecular Hbond substituents is 1. The summed E-state index contributed by atoms with van der Waals surface area (Å²) in [6.07, 6.45) is 0. The SMILES string of the molecule is C=C(C)C(=O)OCCN(C(N)=O)c1ccc(O)cc1. The van der Waals surface area contributed by atoms with Gasteiger partial charge in [0.05, 0.1) is 6.54 Å². The van der Waals surface area contributed by atoms with Crippen molar-refractivity contribution < 1.29 is 19.4 Å². The quantitative estimate of drug-likeness (QED) is 0.621. The van der Waals surface area contributed by atoms with E-state index in [-0.39, 0.29) is 24.5 Å². The second kappa shape index (κ2) is 6.44. The zero-order valence-corrected chi connectivity index (χ0v) is 10.6. The average molecular weight is 264 g/mol. The standard InChI is InChI=1S/C13H16N2O4/c1-9(2)12(17)19-8-7-15(13(14)18)10-3-5-11(16)6-4-10/h3-6,16H,1,7-8H2,2H3,(H2,14,18). The molecule has 0 aliphatic carbocycles. The third-order valence-electron chi connectivity index (χ3n) is 2.32. The van der Waals surface area contributed by atoms with Crippen molar-refractivity contribution in [2.45, 2.75) is 6.92 Å². The van der Waals surface area contributed by atoms with Gasteiger partial charge in [-0.25, -0.2) is 9.59 Å². The highest BCUT2D eigenvalue weighted by molar-refractivity contribution is 5.91. The van der Waals surface area contributed by atoms with Gasteiger partial charge < -0.3 is 15.6 Å². The van der Waals surface area contributed by atoms with E-state index in [0.717, 1.165) is 0 Å². The number of esters is 1. The summed E-state index contributed by atoms with van der Waals surface area (Å²) in [5.41, 5.74) is 6.05. The monoisotopic (exact) mass is 264 g/mol. The smallest absolute Gasteiger partial charge is 0.333 e. The van der Waals surface area contributed by atoms with Crippen LogP contribution in [0.15, 0.2) is 36.4 Å². The van der Waals surface area contributed by atoms with E-state index in [9.17, 15) is 14.7 Å². The number of urea groups is 1. The third-order valence-corrected chi connectivity index (χ3v) is 2.32. The average Bonchev–Trinajstić information content (AvgIpc) is 2.35. The number of carbonyl (C=O) groups is 2. The molecule has 0 radical (unpaired) electrons. The molecule has 0 bridgehead atoms. The second-order valence-electron chi connectivity index (χ2n) is 3.92. The topological polar surface area (TPSA) is 92.9 Å². The van der Waals surface area contributed by atoms with E-state index < -0.39 is 12.0 Å². The molecule has 0 heterocycles. The maximum absolute atomic E-state index is 11.3. The van der Waals surface area contributed by atoms with Crippen LogP contribution in [0.1, 0.15) is 6.92 Å². The van der Waals surface area contributed by atoms with Crippen LogP contribution in [0.25, 0.3) is 0 Å². The first kappa shape index (κ1) is 14.6. The number of rotatable bonds is 5. The summed E-state index contributed by atoms with van der Waals surface area (Å²) in [5.74, 6) is -0.433. The van der Waals surface area contributed by atoms with Gasteiger partial charge in [-0.1, -0.05) is 6.58 Å². The molecule has 19 heavy (non-hydrogen) atoms. The van der Waals surface area contributed by atoms with Crippen LogP contribution >= 0.6 is 0 Å². The van der Waals surface area contributed by atoms with Crippen LogP contribution in [0.5, 0.6) is 5.75 Å². The Morgan fingerprint density at radius 3 is 2.42 bits per heavy atom. The highest BCUT2D eigenvalue weighted by Crippen LogP contribution is 2.18. The maximum atomic E-state index is 11.3. The molecule has 1 aromatic rings. The minimum absolute atomic E-state index is 0.00943. The fourth-order valence-corrected chi connectivity index (χ4v) is 1.35. The molecular weight excluding hydrogens is 248 g/mol. The van der Waals surface area contributed by atoms with Crippen molar-refractivity contribution in [1.29, 1.82) is 0 Å². The molecular formula is C13H16N2O4. The van der Waals surface area contributed by atoms with Gasteiger partial charge >= 0.3 is 12.0 Å². The van der Waals surface area contributed by atoms with E-state index in [1.807, 2.05) is 0 Å². The summed E-state index contributed by atoms with van der Waals surface area (Å²) in [6, 6.07) is 5.29. The Morgan fingerprint density at radius 1 is 1.37 bits per heavy atom. The lowest BCUT2D eigenvalue weighted by Gasteiger charge is -2.20. The van der Waals surface area contributed by atoms with Crippen LogP contribution in [0.2, 0.25) is 0 Å². The normalized spacial score (nSPS) is 9.74. The summed E-state index contributed by atoms with van der Waals surface area (Å²) < 4.78 is 4.89. The molecule has 102 valence electrons. The van der Waals surface area contributed by atoms with Crippen molar-refractivity contribution >= 4 is 17.7 Å². The maximum Gasteiger partial charge on any atom is 0.333 e. The molecule has 3 N–H and O–H groups in total. The molecule has 0 aliphatic heterocycles. The van der Waals surface area contributed by atoms with Crippen LogP contribution in [-0.4, -0.2) is 30.3 Å². The number of nitrogens with zero attached hydrogens (tertiary/aromatic N) is 1. The molecule has 6 nitrogen and oxygen atoms in total. The fraction of sp³-hybridized carbons (Fsp3) is 0.231. The summed E-state index contributed by atoms with van der Waals surface area (Å²) >= 11 is 0. The van der Waals surface area contributed by atoms with Crippen LogP contribution in [0.3, 0.4) is 0 Å². The Labute approximate surface area is 111 Å². The van der Waals surface area contributed by atoms with Gasteiger partial charge in [-0.05, 0) is 31.2 Å². The molecule has 2 amide bonds. The Kier molecular flexibility index (Phi) is 4.93. The van der Waals surface area contributed by atoms with E-state index in [4.69, 9.17) is 10.5 Å². The lowest BCUT2D eigenvalue weighted by molar-refractivity contribution is -0.138. The minimum atomic E-state index is -0.669. The van der Waals surface area contributed by atoms with Crippen molar-refractivity contribution in [1.82, 2.24) is 0 Å². The summed E-state index contributed by atoms with van der Waals surface area (Å²) in [5, 5.41) is 9.17. The molecule has 0 fully saturated rings. The number of primary amides is 1. The number of aromatic hydroxyl groups is 1. The minimum Gasteiger partial charge on any atom is -0.508 e. The third kappa shape index (κ3) is 4.34. The molecule has 1 rings (SSSR count).